The normalized spacial score (nSPS) is 10.5. The highest BCUT2D eigenvalue weighted by Crippen LogP contribution is 2.32. The molecule has 0 aliphatic rings. The fraction of sp³-hybridized carbons (Fsp3) is 0.429. The molecule has 1 N–H and O–H groups in total. The third-order valence-corrected chi connectivity index (χ3v) is 4.52. The van der Waals surface area contributed by atoms with Gasteiger partial charge in [-0.2, -0.15) is 0 Å². The summed E-state index contributed by atoms with van der Waals surface area (Å²) in [6.45, 7) is 2.95. The predicted octanol–water partition coefficient (Wildman–Crippen LogP) is 7.61. The summed E-state index contributed by atoms with van der Waals surface area (Å²) in [4.78, 5) is 10.6. The highest BCUT2D eigenvalue weighted by molar-refractivity contribution is 6.33. The Bertz CT molecular complexity index is 691. The SMILES string of the molecule is CCCCCCCCCOc1ccccc1Nc1ccc(N=O)c(Cl)c1. The minimum Gasteiger partial charge on any atom is -0.491 e. The van der Waals surface area contributed by atoms with Gasteiger partial charge in [0, 0.05) is 5.69 Å². The van der Waals surface area contributed by atoms with Crippen LogP contribution in [0.5, 0.6) is 5.75 Å². The van der Waals surface area contributed by atoms with Gasteiger partial charge in [0.05, 0.1) is 17.3 Å². The van der Waals surface area contributed by atoms with Crippen molar-refractivity contribution >= 4 is 28.7 Å². The van der Waals surface area contributed by atoms with E-state index in [1.807, 2.05) is 24.3 Å². The van der Waals surface area contributed by atoms with Crippen molar-refractivity contribution in [1.82, 2.24) is 0 Å². The Kier molecular flexibility index (Phi) is 8.98. The van der Waals surface area contributed by atoms with E-state index in [1.54, 1.807) is 18.2 Å². The zero-order valence-corrected chi connectivity index (χ0v) is 16.1. The van der Waals surface area contributed by atoms with Crippen molar-refractivity contribution in [2.45, 2.75) is 51.9 Å². The third kappa shape index (κ3) is 6.68. The van der Waals surface area contributed by atoms with Crippen LogP contribution in [0.2, 0.25) is 5.02 Å². The lowest BCUT2D eigenvalue weighted by Gasteiger charge is -2.13. The van der Waals surface area contributed by atoms with E-state index < -0.39 is 0 Å². The molecule has 0 heterocycles. The summed E-state index contributed by atoms with van der Waals surface area (Å²) in [5.41, 5.74) is 1.90. The van der Waals surface area contributed by atoms with E-state index in [0.717, 1.165) is 23.5 Å². The van der Waals surface area contributed by atoms with E-state index in [1.165, 1.54) is 38.5 Å². The molecule has 2 rings (SSSR count). The van der Waals surface area contributed by atoms with Crippen LogP contribution in [-0.4, -0.2) is 6.61 Å². The lowest BCUT2D eigenvalue weighted by atomic mass is 10.1. The zero-order chi connectivity index (χ0) is 18.6. The number of halogens is 1. The van der Waals surface area contributed by atoms with Gasteiger partial charge in [-0.1, -0.05) is 69.2 Å². The number of benzene rings is 2. The topological polar surface area (TPSA) is 50.7 Å². The van der Waals surface area contributed by atoms with Gasteiger partial charge in [-0.3, -0.25) is 0 Å². The second kappa shape index (κ2) is 11.5. The largest absolute Gasteiger partial charge is 0.491 e. The van der Waals surface area contributed by atoms with Gasteiger partial charge < -0.3 is 10.1 Å². The number of hydrogen-bond donors (Lipinski definition) is 1. The number of para-hydroxylation sites is 2. The van der Waals surface area contributed by atoms with E-state index in [-0.39, 0.29) is 5.69 Å². The predicted molar refractivity (Wildman–Crippen MR) is 110 cm³/mol. The van der Waals surface area contributed by atoms with Gasteiger partial charge in [-0.25, -0.2) is 0 Å². The van der Waals surface area contributed by atoms with Crippen LogP contribution in [0.1, 0.15) is 51.9 Å². The summed E-state index contributed by atoms with van der Waals surface area (Å²) >= 11 is 6.03. The molecular formula is C21H27ClN2O2. The van der Waals surface area contributed by atoms with Crippen LogP contribution in [0, 0.1) is 4.91 Å². The zero-order valence-electron chi connectivity index (χ0n) is 15.3. The van der Waals surface area contributed by atoms with E-state index in [0.29, 0.717) is 11.6 Å². The van der Waals surface area contributed by atoms with Crippen molar-refractivity contribution < 1.29 is 4.74 Å². The van der Waals surface area contributed by atoms with Crippen LogP contribution in [-0.2, 0) is 0 Å². The highest BCUT2D eigenvalue weighted by Gasteiger charge is 2.06. The van der Waals surface area contributed by atoms with Gasteiger partial charge in [0.2, 0.25) is 0 Å². The van der Waals surface area contributed by atoms with Crippen molar-refractivity contribution in [2.24, 2.45) is 5.18 Å². The Hall–Kier alpha value is -2.07. The van der Waals surface area contributed by atoms with Gasteiger partial charge in [-0.15, -0.1) is 4.91 Å². The molecule has 0 aliphatic heterocycles. The molecule has 5 heteroatoms. The molecule has 4 nitrogen and oxygen atoms in total. The second-order valence-electron chi connectivity index (χ2n) is 6.35. The first kappa shape index (κ1) is 20.2. The maximum atomic E-state index is 10.6. The van der Waals surface area contributed by atoms with Gasteiger partial charge >= 0.3 is 0 Å². The molecule has 2 aromatic carbocycles. The van der Waals surface area contributed by atoms with Crippen LogP contribution < -0.4 is 10.1 Å². The Labute approximate surface area is 160 Å². The molecule has 0 saturated heterocycles. The summed E-state index contributed by atoms with van der Waals surface area (Å²) in [6, 6.07) is 12.9. The van der Waals surface area contributed by atoms with Gasteiger partial charge in [0.1, 0.15) is 11.4 Å². The molecule has 0 radical (unpaired) electrons. The van der Waals surface area contributed by atoms with Crippen molar-refractivity contribution in [3.8, 4) is 5.75 Å². The second-order valence-corrected chi connectivity index (χ2v) is 6.76. The van der Waals surface area contributed by atoms with Crippen LogP contribution in [0.25, 0.3) is 0 Å². The number of nitrogens with one attached hydrogen (secondary N) is 1. The van der Waals surface area contributed by atoms with Gasteiger partial charge in [0.15, 0.2) is 0 Å². The van der Waals surface area contributed by atoms with Crippen molar-refractivity contribution in [1.29, 1.82) is 0 Å². The summed E-state index contributed by atoms with van der Waals surface area (Å²) in [5.74, 6) is 0.812. The average molecular weight is 375 g/mol. The molecule has 140 valence electrons. The van der Waals surface area contributed by atoms with Crippen LogP contribution in [0.3, 0.4) is 0 Å². The number of nitroso groups, excluding NO2 is 1. The molecule has 0 amide bonds. The number of nitrogens with zero attached hydrogens (tertiary/aromatic N) is 1. The number of hydrogen-bond acceptors (Lipinski definition) is 4. The number of rotatable bonds is 12. The van der Waals surface area contributed by atoms with E-state index >= 15 is 0 Å². The van der Waals surface area contributed by atoms with Gasteiger partial charge in [0.25, 0.3) is 0 Å². The van der Waals surface area contributed by atoms with Crippen LogP contribution in [0.4, 0.5) is 17.1 Å². The number of anilines is 2. The molecule has 0 spiro atoms. The summed E-state index contributed by atoms with van der Waals surface area (Å²) in [5, 5.41) is 6.49. The number of ether oxygens (including phenoxy) is 1. The average Bonchev–Trinajstić information content (AvgIpc) is 2.65. The highest BCUT2D eigenvalue weighted by atomic mass is 35.5. The number of unbranched alkanes of at least 4 members (excludes halogenated alkanes) is 6. The van der Waals surface area contributed by atoms with E-state index in [4.69, 9.17) is 16.3 Å². The summed E-state index contributed by atoms with van der Waals surface area (Å²) in [7, 11) is 0. The fourth-order valence-corrected chi connectivity index (χ4v) is 2.97. The fourth-order valence-electron chi connectivity index (χ4n) is 2.75. The quantitative estimate of drug-likeness (QED) is 0.307. The maximum Gasteiger partial charge on any atom is 0.142 e. The van der Waals surface area contributed by atoms with Crippen molar-refractivity contribution in [3.63, 3.8) is 0 Å². The third-order valence-electron chi connectivity index (χ3n) is 4.22. The first-order valence-electron chi connectivity index (χ1n) is 9.36. The lowest BCUT2D eigenvalue weighted by molar-refractivity contribution is 0.306. The van der Waals surface area contributed by atoms with Crippen LogP contribution in [0.15, 0.2) is 47.6 Å². The van der Waals surface area contributed by atoms with Gasteiger partial charge in [-0.05, 0) is 41.9 Å². The standard InChI is InChI=1S/C21H27ClN2O2/c1-2-3-4-5-6-7-10-15-26-21-12-9-8-11-20(21)23-17-13-14-19(24-25)18(22)16-17/h8-9,11-14,16,23H,2-7,10,15H2,1H3. The van der Waals surface area contributed by atoms with E-state index in [2.05, 4.69) is 17.4 Å². The molecule has 2 aromatic rings. The Morgan fingerprint density at radius 3 is 2.46 bits per heavy atom. The molecule has 0 saturated carbocycles. The monoisotopic (exact) mass is 374 g/mol. The lowest BCUT2D eigenvalue weighted by Crippen LogP contribution is -2.00. The molecule has 0 aliphatic carbocycles. The molecule has 0 aromatic heterocycles. The Morgan fingerprint density at radius 1 is 1.00 bits per heavy atom. The molecule has 0 bridgehead atoms. The molecule has 0 atom stereocenters. The minimum atomic E-state index is 0.237. The smallest absolute Gasteiger partial charge is 0.142 e. The first-order chi connectivity index (χ1) is 12.7. The van der Waals surface area contributed by atoms with Crippen molar-refractivity contribution in [2.75, 3.05) is 11.9 Å². The summed E-state index contributed by atoms with van der Waals surface area (Å²) in [6.07, 6.45) is 8.82. The minimum absolute atomic E-state index is 0.237. The molecule has 0 fully saturated rings. The molecule has 26 heavy (non-hydrogen) atoms. The first-order valence-corrected chi connectivity index (χ1v) is 9.74. The van der Waals surface area contributed by atoms with Crippen molar-refractivity contribution in [3.05, 3.63) is 52.4 Å². The maximum absolute atomic E-state index is 10.6. The molecular weight excluding hydrogens is 348 g/mol. The van der Waals surface area contributed by atoms with E-state index in [9.17, 15) is 4.91 Å². The summed E-state index contributed by atoms with van der Waals surface area (Å²) < 4.78 is 5.95. The Morgan fingerprint density at radius 2 is 1.73 bits per heavy atom. The van der Waals surface area contributed by atoms with Crippen LogP contribution >= 0.6 is 11.6 Å². The molecule has 0 unspecified atom stereocenters. The Balaban J connectivity index is 1.83.